The van der Waals surface area contributed by atoms with Crippen LogP contribution in [-0.4, -0.2) is 36.3 Å². The summed E-state index contributed by atoms with van der Waals surface area (Å²) in [6.07, 6.45) is 0. The molecule has 0 saturated carbocycles. The van der Waals surface area contributed by atoms with E-state index in [4.69, 9.17) is 14.2 Å². The number of benzene rings is 1. The number of H-pyrrole nitrogens is 1. The number of rotatable bonds is 4. The molecule has 2 aromatic rings. The third-order valence-corrected chi connectivity index (χ3v) is 2.48. The van der Waals surface area contributed by atoms with E-state index in [0.29, 0.717) is 17.1 Å². The van der Waals surface area contributed by atoms with Crippen molar-refractivity contribution in [1.29, 1.82) is 0 Å². The van der Waals surface area contributed by atoms with Crippen LogP contribution in [0.4, 0.5) is 0 Å². The maximum atomic E-state index is 11.5. The quantitative estimate of drug-likeness (QED) is 0.880. The Kier molecular flexibility index (Phi) is 3.65. The standard InChI is InChI=1S/C12H13N3O4/c1-17-7-5-4-6-8(18-2)9(7)10-13-11(16)15-12(14-10)19-3/h4-6H,1-3H3,(H,13,14,15,16). The number of ether oxygens (including phenoxy) is 3. The van der Waals surface area contributed by atoms with Crippen LogP contribution in [0.5, 0.6) is 17.5 Å². The number of nitrogens with zero attached hydrogens (tertiary/aromatic N) is 2. The van der Waals surface area contributed by atoms with Crippen LogP contribution < -0.4 is 19.9 Å². The minimum Gasteiger partial charge on any atom is -0.496 e. The van der Waals surface area contributed by atoms with Crippen molar-refractivity contribution < 1.29 is 14.2 Å². The molecular formula is C12H13N3O4. The zero-order valence-corrected chi connectivity index (χ0v) is 10.8. The number of aromatic amines is 1. The Morgan fingerprint density at radius 2 is 1.63 bits per heavy atom. The molecule has 0 unspecified atom stereocenters. The number of methoxy groups -OCH3 is 3. The molecule has 1 heterocycles. The average Bonchev–Trinajstić information content (AvgIpc) is 2.45. The number of hydrogen-bond donors (Lipinski definition) is 1. The topological polar surface area (TPSA) is 86.3 Å². The monoisotopic (exact) mass is 263 g/mol. The second kappa shape index (κ2) is 5.38. The van der Waals surface area contributed by atoms with Crippen molar-refractivity contribution in [1.82, 2.24) is 15.0 Å². The van der Waals surface area contributed by atoms with Gasteiger partial charge in [-0.2, -0.15) is 4.98 Å². The third-order valence-electron chi connectivity index (χ3n) is 2.48. The van der Waals surface area contributed by atoms with Gasteiger partial charge in [-0.1, -0.05) is 6.07 Å². The van der Waals surface area contributed by atoms with E-state index >= 15 is 0 Å². The van der Waals surface area contributed by atoms with Crippen molar-refractivity contribution in [2.45, 2.75) is 0 Å². The van der Waals surface area contributed by atoms with Crippen LogP contribution in [0.25, 0.3) is 11.4 Å². The van der Waals surface area contributed by atoms with Gasteiger partial charge in [-0.3, -0.25) is 4.98 Å². The molecule has 1 N–H and O–H groups in total. The van der Waals surface area contributed by atoms with Gasteiger partial charge in [0.05, 0.1) is 21.3 Å². The molecule has 0 spiro atoms. The molecule has 0 fully saturated rings. The second-order valence-electron chi connectivity index (χ2n) is 3.53. The molecule has 100 valence electrons. The summed E-state index contributed by atoms with van der Waals surface area (Å²) in [6.45, 7) is 0. The first-order valence-electron chi connectivity index (χ1n) is 5.43. The van der Waals surface area contributed by atoms with E-state index in [1.807, 2.05) is 0 Å². The highest BCUT2D eigenvalue weighted by molar-refractivity contribution is 5.71. The molecule has 7 nitrogen and oxygen atoms in total. The van der Waals surface area contributed by atoms with E-state index in [1.165, 1.54) is 21.3 Å². The number of hydrogen-bond acceptors (Lipinski definition) is 6. The summed E-state index contributed by atoms with van der Waals surface area (Å²) in [7, 11) is 4.43. The fraction of sp³-hybridized carbons (Fsp3) is 0.250. The average molecular weight is 263 g/mol. The fourth-order valence-corrected chi connectivity index (χ4v) is 1.66. The summed E-state index contributed by atoms with van der Waals surface area (Å²) < 4.78 is 15.4. The molecule has 7 heteroatoms. The summed E-state index contributed by atoms with van der Waals surface area (Å²) in [5, 5.41) is 0. The van der Waals surface area contributed by atoms with Crippen molar-refractivity contribution in [3.63, 3.8) is 0 Å². The summed E-state index contributed by atoms with van der Waals surface area (Å²) in [6, 6.07) is 5.24. The number of nitrogens with one attached hydrogen (secondary N) is 1. The van der Waals surface area contributed by atoms with Gasteiger partial charge in [0.2, 0.25) is 0 Å². The Bertz CT molecular complexity index is 617. The molecule has 0 amide bonds. The van der Waals surface area contributed by atoms with Gasteiger partial charge in [0.1, 0.15) is 17.1 Å². The number of aromatic nitrogens is 3. The lowest BCUT2D eigenvalue weighted by Gasteiger charge is -2.12. The predicted octanol–water partition coefficient (Wildman–Crippen LogP) is 0.858. The van der Waals surface area contributed by atoms with Crippen molar-refractivity contribution in [3.8, 4) is 28.9 Å². The molecule has 0 atom stereocenters. The van der Waals surface area contributed by atoms with Crippen molar-refractivity contribution >= 4 is 0 Å². The zero-order valence-electron chi connectivity index (χ0n) is 10.8. The molecule has 2 rings (SSSR count). The Balaban J connectivity index is 2.70. The van der Waals surface area contributed by atoms with Crippen LogP contribution in [0.2, 0.25) is 0 Å². The minimum absolute atomic E-state index is 0.0216. The van der Waals surface area contributed by atoms with E-state index in [9.17, 15) is 4.79 Å². The van der Waals surface area contributed by atoms with Gasteiger partial charge >= 0.3 is 11.7 Å². The fourth-order valence-electron chi connectivity index (χ4n) is 1.66. The van der Waals surface area contributed by atoms with Gasteiger partial charge in [-0.15, -0.1) is 4.98 Å². The minimum atomic E-state index is -0.560. The maximum Gasteiger partial charge on any atom is 0.351 e. The van der Waals surface area contributed by atoms with Crippen LogP contribution in [-0.2, 0) is 0 Å². The molecule has 1 aromatic carbocycles. The van der Waals surface area contributed by atoms with Crippen LogP contribution in [0.3, 0.4) is 0 Å². The van der Waals surface area contributed by atoms with Gasteiger partial charge in [-0.25, -0.2) is 4.79 Å². The second-order valence-corrected chi connectivity index (χ2v) is 3.53. The Labute approximate surface area is 109 Å². The maximum absolute atomic E-state index is 11.5. The van der Waals surface area contributed by atoms with Gasteiger partial charge in [-0.05, 0) is 12.1 Å². The molecule has 0 aliphatic carbocycles. The smallest absolute Gasteiger partial charge is 0.351 e. The summed E-state index contributed by atoms with van der Waals surface area (Å²) in [4.78, 5) is 21.7. The molecule has 0 saturated heterocycles. The SMILES string of the molecule is COc1nc(-c2c(OC)cccc2OC)[nH]c(=O)n1. The Morgan fingerprint density at radius 1 is 1.00 bits per heavy atom. The predicted molar refractivity (Wildman–Crippen MR) is 67.7 cm³/mol. The highest BCUT2D eigenvalue weighted by atomic mass is 16.5. The third kappa shape index (κ3) is 2.49. The van der Waals surface area contributed by atoms with E-state index in [0.717, 1.165) is 0 Å². The van der Waals surface area contributed by atoms with Crippen LogP contribution >= 0.6 is 0 Å². The largest absolute Gasteiger partial charge is 0.496 e. The van der Waals surface area contributed by atoms with Crippen LogP contribution in [0, 0.1) is 0 Å². The van der Waals surface area contributed by atoms with Crippen molar-refractivity contribution in [2.24, 2.45) is 0 Å². The molecule has 19 heavy (non-hydrogen) atoms. The summed E-state index contributed by atoms with van der Waals surface area (Å²) in [5.74, 6) is 1.32. The van der Waals surface area contributed by atoms with Gasteiger partial charge in [0.25, 0.3) is 0 Å². The zero-order chi connectivity index (χ0) is 13.8. The Hall–Kier alpha value is -2.57. The normalized spacial score (nSPS) is 10.1. The summed E-state index contributed by atoms with van der Waals surface area (Å²) >= 11 is 0. The first-order chi connectivity index (χ1) is 9.19. The van der Waals surface area contributed by atoms with E-state index in [-0.39, 0.29) is 11.8 Å². The lowest BCUT2D eigenvalue weighted by Crippen LogP contribution is -2.14. The Morgan fingerprint density at radius 3 is 2.16 bits per heavy atom. The van der Waals surface area contributed by atoms with Crippen molar-refractivity contribution in [2.75, 3.05) is 21.3 Å². The van der Waals surface area contributed by atoms with E-state index in [2.05, 4.69) is 15.0 Å². The van der Waals surface area contributed by atoms with Crippen molar-refractivity contribution in [3.05, 3.63) is 28.7 Å². The van der Waals surface area contributed by atoms with Crippen LogP contribution in [0.15, 0.2) is 23.0 Å². The molecular weight excluding hydrogens is 250 g/mol. The molecule has 0 aliphatic heterocycles. The highest BCUT2D eigenvalue weighted by Gasteiger charge is 2.16. The lowest BCUT2D eigenvalue weighted by atomic mass is 10.1. The van der Waals surface area contributed by atoms with Gasteiger partial charge < -0.3 is 14.2 Å². The van der Waals surface area contributed by atoms with E-state index < -0.39 is 5.69 Å². The van der Waals surface area contributed by atoms with E-state index in [1.54, 1.807) is 18.2 Å². The molecule has 1 aromatic heterocycles. The lowest BCUT2D eigenvalue weighted by molar-refractivity contribution is 0.375. The van der Waals surface area contributed by atoms with Crippen LogP contribution in [0.1, 0.15) is 0 Å². The molecule has 0 bridgehead atoms. The van der Waals surface area contributed by atoms with Gasteiger partial charge in [0.15, 0.2) is 5.82 Å². The summed E-state index contributed by atoms with van der Waals surface area (Å²) in [5.41, 5.74) is -0.0277. The first kappa shape index (κ1) is 12.9. The first-order valence-corrected chi connectivity index (χ1v) is 5.43. The molecule has 0 aliphatic rings. The highest BCUT2D eigenvalue weighted by Crippen LogP contribution is 2.35. The van der Waals surface area contributed by atoms with Gasteiger partial charge in [0, 0.05) is 0 Å². The molecule has 0 radical (unpaired) electrons.